The average Bonchev–Trinajstić information content (AvgIpc) is 2.30. The summed E-state index contributed by atoms with van der Waals surface area (Å²) >= 11 is 0. The number of aromatic carboxylic acids is 1. The Labute approximate surface area is 97.6 Å². The van der Waals surface area contributed by atoms with Crippen LogP contribution in [0.5, 0.6) is 0 Å². The second-order valence-corrected chi connectivity index (χ2v) is 3.69. The van der Waals surface area contributed by atoms with Crippen LogP contribution in [0, 0.1) is 12.7 Å². The molecule has 0 aliphatic heterocycles. The van der Waals surface area contributed by atoms with E-state index in [2.05, 4.69) is 4.98 Å². The summed E-state index contributed by atoms with van der Waals surface area (Å²) in [5.41, 5.74) is 1.90. The Morgan fingerprint density at radius 3 is 2.71 bits per heavy atom. The first-order chi connectivity index (χ1) is 8.09. The zero-order chi connectivity index (χ0) is 12.4. The van der Waals surface area contributed by atoms with Crippen LogP contribution in [0.3, 0.4) is 0 Å². The monoisotopic (exact) mass is 231 g/mol. The molecule has 2 aromatic rings. The van der Waals surface area contributed by atoms with E-state index in [1.54, 1.807) is 13.0 Å². The predicted octanol–water partition coefficient (Wildman–Crippen LogP) is 2.89. The second kappa shape index (κ2) is 4.33. The van der Waals surface area contributed by atoms with E-state index in [4.69, 9.17) is 5.11 Å². The van der Waals surface area contributed by atoms with Crippen molar-refractivity contribution < 1.29 is 14.3 Å². The molecular formula is C13H10FNO2. The smallest absolute Gasteiger partial charge is 0.335 e. The zero-order valence-corrected chi connectivity index (χ0v) is 9.14. The van der Waals surface area contributed by atoms with E-state index in [0.29, 0.717) is 11.1 Å². The lowest BCUT2D eigenvalue weighted by atomic mass is 9.98. The van der Waals surface area contributed by atoms with Crippen molar-refractivity contribution in [2.24, 2.45) is 0 Å². The highest BCUT2D eigenvalue weighted by molar-refractivity contribution is 5.90. The molecule has 86 valence electrons. The number of carboxylic acids is 1. The largest absolute Gasteiger partial charge is 0.478 e. The SMILES string of the molecule is Cc1ccc(C(=O)O)cc1-c1ccncc1F. The highest BCUT2D eigenvalue weighted by Gasteiger charge is 2.10. The van der Waals surface area contributed by atoms with Gasteiger partial charge in [0.2, 0.25) is 0 Å². The minimum atomic E-state index is -1.03. The standard InChI is InChI=1S/C13H10FNO2/c1-8-2-3-9(13(16)17)6-11(8)10-4-5-15-7-12(10)14/h2-7H,1H3,(H,16,17). The number of benzene rings is 1. The molecule has 0 saturated heterocycles. The fraction of sp³-hybridized carbons (Fsp3) is 0.0769. The van der Waals surface area contributed by atoms with Gasteiger partial charge in [0, 0.05) is 11.8 Å². The first kappa shape index (κ1) is 11.3. The number of aryl methyl sites for hydroxylation is 1. The molecule has 3 nitrogen and oxygen atoms in total. The van der Waals surface area contributed by atoms with E-state index in [0.717, 1.165) is 11.8 Å². The number of halogens is 1. The van der Waals surface area contributed by atoms with Crippen molar-refractivity contribution in [3.8, 4) is 11.1 Å². The van der Waals surface area contributed by atoms with Crippen LogP contribution in [-0.4, -0.2) is 16.1 Å². The third-order valence-corrected chi connectivity index (χ3v) is 2.55. The van der Waals surface area contributed by atoms with Crippen molar-refractivity contribution in [2.75, 3.05) is 0 Å². The zero-order valence-electron chi connectivity index (χ0n) is 9.14. The van der Waals surface area contributed by atoms with Gasteiger partial charge < -0.3 is 5.11 Å². The van der Waals surface area contributed by atoms with Gasteiger partial charge in [-0.2, -0.15) is 0 Å². The third kappa shape index (κ3) is 2.15. The van der Waals surface area contributed by atoms with Crippen LogP contribution >= 0.6 is 0 Å². The molecule has 0 radical (unpaired) electrons. The van der Waals surface area contributed by atoms with Gasteiger partial charge in [-0.3, -0.25) is 4.98 Å². The highest BCUT2D eigenvalue weighted by Crippen LogP contribution is 2.26. The molecule has 0 fully saturated rings. The van der Waals surface area contributed by atoms with Gasteiger partial charge in [0.05, 0.1) is 11.8 Å². The first-order valence-corrected chi connectivity index (χ1v) is 5.03. The Bertz CT molecular complexity index is 581. The molecule has 1 aromatic carbocycles. The first-order valence-electron chi connectivity index (χ1n) is 5.03. The Morgan fingerprint density at radius 2 is 2.06 bits per heavy atom. The molecule has 4 heteroatoms. The van der Waals surface area contributed by atoms with Gasteiger partial charge in [0.1, 0.15) is 5.82 Å². The third-order valence-electron chi connectivity index (χ3n) is 2.55. The predicted molar refractivity (Wildman–Crippen MR) is 61.3 cm³/mol. The summed E-state index contributed by atoms with van der Waals surface area (Å²) in [5, 5.41) is 8.91. The molecule has 0 amide bonds. The van der Waals surface area contributed by atoms with Crippen molar-refractivity contribution in [1.29, 1.82) is 0 Å². The van der Waals surface area contributed by atoms with Crippen molar-refractivity contribution in [3.05, 3.63) is 53.6 Å². The maximum Gasteiger partial charge on any atom is 0.335 e. The number of carbonyl (C=O) groups is 1. The highest BCUT2D eigenvalue weighted by atomic mass is 19.1. The van der Waals surface area contributed by atoms with Gasteiger partial charge in [-0.05, 0) is 36.2 Å². The van der Waals surface area contributed by atoms with Crippen molar-refractivity contribution >= 4 is 5.97 Å². The minimum absolute atomic E-state index is 0.141. The summed E-state index contributed by atoms with van der Waals surface area (Å²) in [4.78, 5) is 14.5. The second-order valence-electron chi connectivity index (χ2n) is 3.69. The van der Waals surface area contributed by atoms with Crippen LogP contribution in [0.2, 0.25) is 0 Å². The number of aromatic nitrogens is 1. The molecule has 1 aromatic heterocycles. The summed E-state index contributed by atoms with van der Waals surface area (Å²) in [6.45, 7) is 1.81. The number of hydrogen-bond acceptors (Lipinski definition) is 2. The molecule has 1 N–H and O–H groups in total. The normalized spacial score (nSPS) is 10.2. The molecule has 1 heterocycles. The number of rotatable bonds is 2. The lowest BCUT2D eigenvalue weighted by Gasteiger charge is -2.07. The summed E-state index contributed by atoms with van der Waals surface area (Å²) in [6, 6.07) is 6.16. The summed E-state index contributed by atoms with van der Waals surface area (Å²) in [7, 11) is 0. The Morgan fingerprint density at radius 1 is 1.29 bits per heavy atom. The maximum atomic E-state index is 13.6. The summed E-state index contributed by atoms with van der Waals surface area (Å²) < 4.78 is 13.6. The van der Waals surface area contributed by atoms with Crippen molar-refractivity contribution in [3.63, 3.8) is 0 Å². The Kier molecular flexibility index (Phi) is 2.87. The van der Waals surface area contributed by atoms with Crippen LogP contribution < -0.4 is 0 Å². The minimum Gasteiger partial charge on any atom is -0.478 e. The van der Waals surface area contributed by atoms with Gasteiger partial charge >= 0.3 is 5.97 Å². The topological polar surface area (TPSA) is 50.2 Å². The molecule has 2 rings (SSSR count). The number of hydrogen-bond donors (Lipinski definition) is 1. The molecule has 0 spiro atoms. The van der Waals surface area contributed by atoms with Gasteiger partial charge in [-0.15, -0.1) is 0 Å². The number of carboxylic acid groups (broad SMARTS) is 1. The van der Waals surface area contributed by atoms with Gasteiger partial charge in [-0.1, -0.05) is 6.07 Å². The van der Waals surface area contributed by atoms with Crippen LogP contribution in [0.1, 0.15) is 15.9 Å². The van der Waals surface area contributed by atoms with Crippen molar-refractivity contribution in [2.45, 2.75) is 6.92 Å². The molecule has 0 saturated carbocycles. The maximum absolute atomic E-state index is 13.6. The van der Waals surface area contributed by atoms with Crippen LogP contribution in [0.25, 0.3) is 11.1 Å². The molecule has 0 bridgehead atoms. The molecule has 0 atom stereocenters. The fourth-order valence-corrected chi connectivity index (χ4v) is 1.64. The molecule has 17 heavy (non-hydrogen) atoms. The summed E-state index contributed by atoms with van der Waals surface area (Å²) in [5.74, 6) is -1.49. The van der Waals surface area contributed by atoms with Gasteiger partial charge in [0.25, 0.3) is 0 Å². The van der Waals surface area contributed by atoms with E-state index in [1.807, 2.05) is 0 Å². The van der Waals surface area contributed by atoms with E-state index in [9.17, 15) is 9.18 Å². The van der Waals surface area contributed by atoms with Gasteiger partial charge in [0.15, 0.2) is 0 Å². The Hall–Kier alpha value is -2.23. The van der Waals surface area contributed by atoms with E-state index in [1.165, 1.54) is 24.4 Å². The van der Waals surface area contributed by atoms with Gasteiger partial charge in [-0.25, -0.2) is 9.18 Å². The molecule has 0 unspecified atom stereocenters. The van der Waals surface area contributed by atoms with Crippen molar-refractivity contribution in [1.82, 2.24) is 4.98 Å². The number of nitrogens with zero attached hydrogens (tertiary/aromatic N) is 1. The number of pyridine rings is 1. The molecular weight excluding hydrogens is 221 g/mol. The lowest BCUT2D eigenvalue weighted by Crippen LogP contribution is -1.98. The average molecular weight is 231 g/mol. The van der Waals surface area contributed by atoms with E-state index >= 15 is 0 Å². The van der Waals surface area contributed by atoms with Crippen LogP contribution in [0.15, 0.2) is 36.7 Å². The Balaban J connectivity index is 2.63. The quantitative estimate of drug-likeness (QED) is 0.864. The molecule has 0 aliphatic rings. The molecule has 0 aliphatic carbocycles. The summed E-state index contributed by atoms with van der Waals surface area (Å²) in [6.07, 6.45) is 2.59. The van der Waals surface area contributed by atoms with Crippen LogP contribution in [0.4, 0.5) is 4.39 Å². The van der Waals surface area contributed by atoms with Crippen LogP contribution in [-0.2, 0) is 0 Å². The fourth-order valence-electron chi connectivity index (χ4n) is 1.64. The van der Waals surface area contributed by atoms with E-state index in [-0.39, 0.29) is 5.56 Å². The van der Waals surface area contributed by atoms with E-state index < -0.39 is 11.8 Å². The lowest BCUT2D eigenvalue weighted by molar-refractivity contribution is 0.0697.